The first-order chi connectivity index (χ1) is 11.3. The number of aliphatic hydroxyl groups excluding tert-OH is 1. The quantitative estimate of drug-likeness (QED) is 0.589. The van der Waals surface area contributed by atoms with Crippen molar-refractivity contribution in [3.05, 3.63) is 65.7 Å². The first kappa shape index (κ1) is 17.5. The van der Waals surface area contributed by atoms with Crippen LogP contribution < -0.4 is 15.4 Å². The molecule has 4 heteroatoms. The Morgan fingerprint density at radius 2 is 1.65 bits per heavy atom. The van der Waals surface area contributed by atoms with Crippen molar-refractivity contribution in [1.29, 1.82) is 0 Å². The Morgan fingerprint density at radius 3 is 2.43 bits per heavy atom. The molecule has 0 aliphatic carbocycles. The van der Waals surface area contributed by atoms with Crippen molar-refractivity contribution in [3.8, 4) is 5.75 Å². The van der Waals surface area contributed by atoms with E-state index in [1.165, 1.54) is 0 Å². The summed E-state index contributed by atoms with van der Waals surface area (Å²) in [6, 6.07) is 18.3. The maximum absolute atomic E-state index is 9.18. The van der Waals surface area contributed by atoms with Gasteiger partial charge in [-0.25, -0.2) is 0 Å². The highest BCUT2D eigenvalue weighted by Gasteiger charge is 2.03. The fourth-order valence-electron chi connectivity index (χ4n) is 2.24. The molecule has 0 amide bonds. The lowest BCUT2D eigenvalue weighted by atomic mass is 10.2. The van der Waals surface area contributed by atoms with E-state index in [-0.39, 0.29) is 6.10 Å². The minimum Gasteiger partial charge on any atom is -0.489 e. The van der Waals surface area contributed by atoms with Crippen molar-refractivity contribution < 1.29 is 9.84 Å². The Labute approximate surface area is 138 Å². The third kappa shape index (κ3) is 6.82. The minimum atomic E-state index is -0.304. The Bertz CT molecular complexity index is 558. The van der Waals surface area contributed by atoms with E-state index < -0.39 is 0 Å². The van der Waals surface area contributed by atoms with Crippen molar-refractivity contribution in [3.63, 3.8) is 0 Å². The third-order valence-electron chi connectivity index (χ3n) is 3.44. The van der Waals surface area contributed by atoms with Gasteiger partial charge in [-0.3, -0.25) is 0 Å². The largest absolute Gasteiger partial charge is 0.489 e. The summed E-state index contributed by atoms with van der Waals surface area (Å²) in [5, 5.41) is 15.8. The van der Waals surface area contributed by atoms with Gasteiger partial charge in [-0.1, -0.05) is 48.5 Å². The lowest BCUT2D eigenvalue weighted by molar-refractivity contribution is 0.191. The van der Waals surface area contributed by atoms with Crippen LogP contribution in [0, 0.1) is 0 Å². The normalized spacial score (nSPS) is 12.1. The first-order valence-corrected chi connectivity index (χ1v) is 8.10. The van der Waals surface area contributed by atoms with E-state index in [1.807, 2.05) is 36.4 Å². The maximum Gasteiger partial charge on any atom is 0.124 e. The predicted octanol–water partition coefficient (Wildman–Crippen LogP) is 2.33. The first-order valence-electron chi connectivity index (χ1n) is 8.10. The molecule has 0 aromatic heterocycles. The van der Waals surface area contributed by atoms with Crippen molar-refractivity contribution in [1.82, 2.24) is 10.6 Å². The molecular weight excluding hydrogens is 288 g/mol. The highest BCUT2D eigenvalue weighted by molar-refractivity contribution is 5.33. The number of ether oxygens (including phenoxy) is 1. The summed E-state index contributed by atoms with van der Waals surface area (Å²) in [7, 11) is 0. The molecule has 1 atom stereocenters. The average Bonchev–Trinajstić information content (AvgIpc) is 2.57. The molecule has 2 rings (SSSR count). The zero-order valence-electron chi connectivity index (χ0n) is 13.7. The standard InChI is InChI=1S/C19H26N2O2/c1-16(22)13-20-11-12-21-14-18-9-5-6-10-19(18)23-15-17-7-3-2-4-8-17/h2-10,16,20-22H,11-15H2,1H3/t16-/m1/s1. The minimum absolute atomic E-state index is 0.304. The van der Waals surface area contributed by atoms with Crippen LogP contribution in [0.5, 0.6) is 5.75 Å². The number of hydrogen-bond donors (Lipinski definition) is 3. The molecule has 2 aromatic carbocycles. The predicted molar refractivity (Wildman–Crippen MR) is 93.5 cm³/mol. The molecule has 0 bridgehead atoms. The van der Waals surface area contributed by atoms with Crippen LogP contribution in [0.25, 0.3) is 0 Å². The Hall–Kier alpha value is -1.88. The van der Waals surface area contributed by atoms with Gasteiger partial charge in [0.2, 0.25) is 0 Å². The molecule has 2 aromatic rings. The molecule has 0 aliphatic heterocycles. The molecule has 0 heterocycles. The van der Waals surface area contributed by atoms with Crippen LogP contribution in [-0.2, 0) is 13.2 Å². The topological polar surface area (TPSA) is 53.5 Å². The molecule has 0 saturated heterocycles. The second-order valence-corrected chi connectivity index (χ2v) is 5.61. The molecular formula is C19H26N2O2. The monoisotopic (exact) mass is 314 g/mol. The van der Waals surface area contributed by atoms with Crippen LogP contribution in [0.3, 0.4) is 0 Å². The smallest absolute Gasteiger partial charge is 0.124 e. The second-order valence-electron chi connectivity index (χ2n) is 5.61. The highest BCUT2D eigenvalue weighted by Crippen LogP contribution is 2.19. The zero-order chi connectivity index (χ0) is 16.3. The van der Waals surface area contributed by atoms with Gasteiger partial charge >= 0.3 is 0 Å². The number of para-hydroxylation sites is 1. The summed E-state index contributed by atoms with van der Waals surface area (Å²) in [5.74, 6) is 0.917. The number of aliphatic hydroxyl groups is 1. The average molecular weight is 314 g/mol. The van der Waals surface area contributed by atoms with Crippen LogP contribution in [0.1, 0.15) is 18.1 Å². The molecule has 0 aliphatic rings. The van der Waals surface area contributed by atoms with Gasteiger partial charge in [-0.15, -0.1) is 0 Å². The van der Waals surface area contributed by atoms with Crippen LogP contribution >= 0.6 is 0 Å². The summed E-state index contributed by atoms with van der Waals surface area (Å²) in [4.78, 5) is 0. The van der Waals surface area contributed by atoms with E-state index in [1.54, 1.807) is 6.92 Å². The fraction of sp³-hybridized carbons (Fsp3) is 0.368. The van der Waals surface area contributed by atoms with Gasteiger partial charge in [0, 0.05) is 31.7 Å². The van der Waals surface area contributed by atoms with Crippen molar-refractivity contribution in [2.45, 2.75) is 26.2 Å². The lowest BCUT2D eigenvalue weighted by Crippen LogP contribution is -2.31. The number of nitrogens with one attached hydrogen (secondary N) is 2. The molecule has 23 heavy (non-hydrogen) atoms. The maximum atomic E-state index is 9.18. The number of benzene rings is 2. The molecule has 124 valence electrons. The van der Waals surface area contributed by atoms with Crippen molar-refractivity contribution >= 4 is 0 Å². The second kappa shape index (κ2) is 10.0. The molecule has 0 unspecified atom stereocenters. The molecule has 0 spiro atoms. The van der Waals surface area contributed by atoms with E-state index in [0.717, 1.165) is 36.5 Å². The molecule has 0 fully saturated rings. The van der Waals surface area contributed by atoms with E-state index in [9.17, 15) is 5.11 Å². The van der Waals surface area contributed by atoms with Crippen LogP contribution in [0.2, 0.25) is 0 Å². The molecule has 4 nitrogen and oxygen atoms in total. The van der Waals surface area contributed by atoms with Gasteiger partial charge < -0.3 is 20.5 Å². The summed E-state index contributed by atoms with van der Waals surface area (Å²) in [6.45, 7) is 5.42. The molecule has 0 saturated carbocycles. The van der Waals surface area contributed by atoms with Gasteiger partial charge in [-0.2, -0.15) is 0 Å². The Balaban J connectivity index is 1.76. The third-order valence-corrected chi connectivity index (χ3v) is 3.44. The van der Waals surface area contributed by atoms with E-state index in [2.05, 4.69) is 28.8 Å². The van der Waals surface area contributed by atoms with E-state index in [4.69, 9.17) is 4.74 Å². The zero-order valence-corrected chi connectivity index (χ0v) is 13.7. The van der Waals surface area contributed by atoms with Gasteiger partial charge in [0.1, 0.15) is 12.4 Å². The van der Waals surface area contributed by atoms with Crippen LogP contribution in [0.15, 0.2) is 54.6 Å². The Morgan fingerprint density at radius 1 is 0.957 bits per heavy atom. The summed E-state index contributed by atoms with van der Waals surface area (Å²) in [6.07, 6.45) is -0.304. The van der Waals surface area contributed by atoms with Gasteiger partial charge in [0.25, 0.3) is 0 Å². The molecule has 3 N–H and O–H groups in total. The van der Waals surface area contributed by atoms with Crippen molar-refractivity contribution in [2.24, 2.45) is 0 Å². The van der Waals surface area contributed by atoms with Crippen LogP contribution in [-0.4, -0.2) is 30.8 Å². The summed E-state index contributed by atoms with van der Waals surface area (Å²) < 4.78 is 5.94. The van der Waals surface area contributed by atoms with Gasteiger partial charge in [-0.05, 0) is 18.6 Å². The van der Waals surface area contributed by atoms with E-state index >= 15 is 0 Å². The summed E-state index contributed by atoms with van der Waals surface area (Å²) in [5.41, 5.74) is 2.32. The number of hydrogen-bond acceptors (Lipinski definition) is 4. The lowest BCUT2D eigenvalue weighted by Gasteiger charge is -2.13. The van der Waals surface area contributed by atoms with Crippen molar-refractivity contribution in [2.75, 3.05) is 19.6 Å². The SMILES string of the molecule is C[C@@H](O)CNCCNCc1ccccc1OCc1ccccc1. The number of rotatable bonds is 10. The van der Waals surface area contributed by atoms with Crippen LogP contribution in [0.4, 0.5) is 0 Å². The molecule has 0 radical (unpaired) electrons. The van der Waals surface area contributed by atoms with E-state index in [0.29, 0.717) is 13.2 Å². The Kier molecular flexibility index (Phi) is 7.60. The fourth-order valence-corrected chi connectivity index (χ4v) is 2.24. The highest BCUT2D eigenvalue weighted by atomic mass is 16.5. The van der Waals surface area contributed by atoms with Gasteiger partial charge in [0.05, 0.1) is 6.10 Å². The summed E-state index contributed by atoms with van der Waals surface area (Å²) >= 11 is 0. The van der Waals surface area contributed by atoms with Gasteiger partial charge in [0.15, 0.2) is 0 Å².